The van der Waals surface area contributed by atoms with Crippen LogP contribution in [0.4, 0.5) is 0 Å². The molecule has 1 aromatic rings. The predicted molar refractivity (Wildman–Crippen MR) is 89.9 cm³/mol. The van der Waals surface area contributed by atoms with Gasteiger partial charge < -0.3 is 10.1 Å². The van der Waals surface area contributed by atoms with E-state index in [2.05, 4.69) is 48.7 Å². The summed E-state index contributed by atoms with van der Waals surface area (Å²) in [5.74, 6) is 1.56. The van der Waals surface area contributed by atoms with Crippen molar-refractivity contribution in [3.05, 3.63) is 27.8 Å². The average molecular weight is 393 g/mol. The largest absolute Gasteiger partial charge is 0.484 e. The highest BCUT2D eigenvalue weighted by Gasteiger charge is 2.10. The van der Waals surface area contributed by atoms with E-state index in [4.69, 9.17) is 4.74 Å². The molecule has 0 aliphatic rings. The van der Waals surface area contributed by atoms with E-state index < -0.39 is 0 Å². The molecule has 0 aliphatic carbocycles. The van der Waals surface area contributed by atoms with Crippen molar-refractivity contribution in [3.63, 3.8) is 0 Å². The average Bonchev–Trinajstić information content (AvgIpc) is 2.33. The van der Waals surface area contributed by atoms with Gasteiger partial charge >= 0.3 is 0 Å². The van der Waals surface area contributed by atoms with E-state index >= 15 is 0 Å². The van der Waals surface area contributed by atoms with Crippen LogP contribution in [0.2, 0.25) is 0 Å². The van der Waals surface area contributed by atoms with Crippen molar-refractivity contribution in [2.45, 2.75) is 25.5 Å². The fraction of sp³-hybridized carbons (Fsp3) is 0.500. The number of hydrogen-bond acceptors (Lipinski definition) is 3. The first-order valence-corrected chi connectivity index (χ1v) is 8.22. The maximum Gasteiger partial charge on any atom is 0.257 e. The number of carbonyl (C=O) groups excluding carboxylic acids is 1. The number of rotatable bonds is 6. The van der Waals surface area contributed by atoms with Gasteiger partial charge in [0.2, 0.25) is 0 Å². The maximum atomic E-state index is 11.6. The van der Waals surface area contributed by atoms with Gasteiger partial charge in [-0.3, -0.25) is 4.79 Å². The monoisotopic (exact) mass is 393 g/mol. The standard InChI is InChI=1S/C14H20INO2S/c1-14(2,3)19-9-8-16-13(17)10-18-12-6-4-11(15)5-7-12/h4-7H,8-10H2,1-3H3,(H,16,17). The number of carbonyl (C=O) groups is 1. The predicted octanol–water partition coefficient (Wildman–Crippen LogP) is 3.32. The van der Waals surface area contributed by atoms with Crippen LogP contribution in [-0.2, 0) is 4.79 Å². The second-order valence-electron chi connectivity index (χ2n) is 5.05. The molecule has 5 heteroatoms. The van der Waals surface area contributed by atoms with Gasteiger partial charge in [-0.2, -0.15) is 11.8 Å². The van der Waals surface area contributed by atoms with Crippen LogP contribution >= 0.6 is 34.4 Å². The summed E-state index contributed by atoms with van der Waals surface area (Å²) in [6, 6.07) is 7.64. The van der Waals surface area contributed by atoms with Crippen molar-refractivity contribution >= 4 is 40.3 Å². The number of thioether (sulfide) groups is 1. The molecule has 0 bridgehead atoms. The normalized spacial score (nSPS) is 11.2. The molecular weight excluding hydrogens is 373 g/mol. The van der Waals surface area contributed by atoms with Gasteiger partial charge in [0.25, 0.3) is 5.91 Å². The zero-order valence-corrected chi connectivity index (χ0v) is 14.5. The highest BCUT2D eigenvalue weighted by Crippen LogP contribution is 2.21. The minimum Gasteiger partial charge on any atom is -0.484 e. The van der Waals surface area contributed by atoms with Crippen LogP contribution in [0.5, 0.6) is 5.75 Å². The fourth-order valence-electron chi connectivity index (χ4n) is 1.28. The minimum absolute atomic E-state index is 0.0702. The summed E-state index contributed by atoms with van der Waals surface area (Å²) in [5, 5.41) is 2.85. The molecule has 0 aliphatic heterocycles. The fourth-order valence-corrected chi connectivity index (χ4v) is 2.45. The second-order valence-corrected chi connectivity index (χ2v) is 8.22. The van der Waals surface area contributed by atoms with Crippen molar-refractivity contribution in [1.82, 2.24) is 5.32 Å². The van der Waals surface area contributed by atoms with E-state index in [1.165, 1.54) is 0 Å². The number of ether oxygens (including phenoxy) is 1. The summed E-state index contributed by atoms with van der Waals surface area (Å²) < 4.78 is 6.78. The lowest BCUT2D eigenvalue weighted by Crippen LogP contribution is -2.31. The molecular formula is C14H20INO2S. The molecule has 0 spiro atoms. The van der Waals surface area contributed by atoms with Crippen LogP contribution in [0, 0.1) is 3.57 Å². The van der Waals surface area contributed by atoms with E-state index in [0.29, 0.717) is 6.54 Å². The Bertz CT molecular complexity index is 401. The molecule has 0 radical (unpaired) electrons. The van der Waals surface area contributed by atoms with Crippen molar-refractivity contribution in [1.29, 1.82) is 0 Å². The van der Waals surface area contributed by atoms with E-state index in [0.717, 1.165) is 15.1 Å². The third-order valence-electron chi connectivity index (χ3n) is 2.14. The van der Waals surface area contributed by atoms with E-state index in [-0.39, 0.29) is 17.3 Å². The second kappa shape index (κ2) is 7.99. The van der Waals surface area contributed by atoms with Crippen LogP contribution in [0.15, 0.2) is 24.3 Å². The SMILES string of the molecule is CC(C)(C)SCCNC(=O)COc1ccc(I)cc1. The number of benzene rings is 1. The maximum absolute atomic E-state index is 11.6. The minimum atomic E-state index is -0.0759. The molecule has 0 fully saturated rings. The van der Waals surface area contributed by atoms with Gasteiger partial charge in [0, 0.05) is 20.6 Å². The number of amides is 1. The Kier molecular flexibility index (Phi) is 6.99. The van der Waals surface area contributed by atoms with Crippen molar-refractivity contribution < 1.29 is 9.53 Å². The van der Waals surface area contributed by atoms with E-state index in [1.54, 1.807) is 0 Å². The molecule has 1 aromatic carbocycles. The highest BCUT2D eigenvalue weighted by molar-refractivity contribution is 14.1. The van der Waals surface area contributed by atoms with Crippen LogP contribution in [0.3, 0.4) is 0 Å². The molecule has 106 valence electrons. The number of halogens is 1. The first kappa shape index (κ1) is 16.6. The summed E-state index contributed by atoms with van der Waals surface area (Å²) in [6.07, 6.45) is 0. The van der Waals surface area contributed by atoms with Gasteiger partial charge in [-0.25, -0.2) is 0 Å². The van der Waals surface area contributed by atoms with Gasteiger partial charge in [0.15, 0.2) is 6.61 Å². The Labute approximate surface area is 133 Å². The van der Waals surface area contributed by atoms with Gasteiger partial charge in [-0.1, -0.05) is 20.8 Å². The Hall–Kier alpha value is -0.430. The van der Waals surface area contributed by atoms with E-state index in [1.807, 2.05) is 36.0 Å². The number of nitrogens with one attached hydrogen (secondary N) is 1. The Morgan fingerprint density at radius 3 is 2.53 bits per heavy atom. The lowest BCUT2D eigenvalue weighted by atomic mass is 10.3. The smallest absolute Gasteiger partial charge is 0.257 e. The third-order valence-corrected chi connectivity index (χ3v) is 4.14. The summed E-state index contributed by atoms with van der Waals surface area (Å²) >= 11 is 4.07. The van der Waals surface area contributed by atoms with Gasteiger partial charge in [0.05, 0.1) is 0 Å². The van der Waals surface area contributed by atoms with Gasteiger partial charge in [-0.15, -0.1) is 0 Å². The molecule has 1 rings (SSSR count). The van der Waals surface area contributed by atoms with Crippen LogP contribution < -0.4 is 10.1 Å². The van der Waals surface area contributed by atoms with Crippen LogP contribution in [0.1, 0.15) is 20.8 Å². The Morgan fingerprint density at radius 2 is 1.95 bits per heavy atom. The summed E-state index contributed by atoms with van der Waals surface area (Å²) in [5.41, 5.74) is 0. The summed E-state index contributed by atoms with van der Waals surface area (Å²) in [6.45, 7) is 7.25. The Balaban J connectivity index is 2.16. The molecule has 19 heavy (non-hydrogen) atoms. The molecule has 0 atom stereocenters. The lowest BCUT2D eigenvalue weighted by molar-refractivity contribution is -0.122. The zero-order valence-electron chi connectivity index (χ0n) is 11.5. The van der Waals surface area contributed by atoms with Gasteiger partial charge in [0.1, 0.15) is 5.75 Å². The first-order chi connectivity index (χ1) is 8.87. The van der Waals surface area contributed by atoms with Crippen molar-refractivity contribution in [2.24, 2.45) is 0 Å². The van der Waals surface area contributed by atoms with E-state index in [9.17, 15) is 4.79 Å². The molecule has 3 nitrogen and oxygen atoms in total. The van der Waals surface area contributed by atoms with Crippen molar-refractivity contribution in [2.75, 3.05) is 18.9 Å². The quantitative estimate of drug-likeness (QED) is 0.595. The molecule has 0 heterocycles. The van der Waals surface area contributed by atoms with Crippen molar-refractivity contribution in [3.8, 4) is 5.75 Å². The van der Waals surface area contributed by atoms with Crippen LogP contribution in [0.25, 0.3) is 0 Å². The molecule has 0 unspecified atom stereocenters. The Morgan fingerprint density at radius 1 is 1.32 bits per heavy atom. The first-order valence-electron chi connectivity index (χ1n) is 6.16. The number of hydrogen-bond donors (Lipinski definition) is 1. The summed E-state index contributed by atoms with van der Waals surface area (Å²) in [4.78, 5) is 11.6. The van der Waals surface area contributed by atoms with Crippen LogP contribution in [-0.4, -0.2) is 29.6 Å². The summed E-state index contributed by atoms with van der Waals surface area (Å²) in [7, 11) is 0. The lowest BCUT2D eigenvalue weighted by Gasteiger charge is -2.17. The molecule has 0 aromatic heterocycles. The molecule has 1 amide bonds. The molecule has 0 saturated heterocycles. The zero-order chi connectivity index (χ0) is 14.3. The molecule has 1 N–H and O–H groups in total. The third kappa shape index (κ3) is 8.36. The van der Waals surface area contributed by atoms with Gasteiger partial charge in [-0.05, 0) is 46.9 Å². The molecule has 0 saturated carbocycles. The highest BCUT2D eigenvalue weighted by atomic mass is 127. The topological polar surface area (TPSA) is 38.3 Å².